The number of benzene rings is 2. The molecule has 4 rings (SSSR count). The molecule has 2 aromatic rings. The lowest BCUT2D eigenvalue weighted by molar-refractivity contribution is -0.150. The molecule has 5 nitrogen and oxygen atoms in total. The number of halogens is 1. The zero-order valence-electron chi connectivity index (χ0n) is 16.9. The highest BCUT2D eigenvalue weighted by Gasteiger charge is 2.63. The van der Waals surface area contributed by atoms with Crippen LogP contribution >= 0.6 is 11.6 Å². The Morgan fingerprint density at radius 2 is 1.83 bits per heavy atom. The molecule has 1 unspecified atom stereocenters. The molecule has 1 heterocycles. The Labute approximate surface area is 176 Å². The van der Waals surface area contributed by atoms with Crippen molar-refractivity contribution in [1.29, 1.82) is 0 Å². The molecule has 0 aromatic heterocycles. The van der Waals surface area contributed by atoms with Crippen LogP contribution in [0.15, 0.2) is 42.5 Å². The maximum absolute atomic E-state index is 13.2. The van der Waals surface area contributed by atoms with Gasteiger partial charge in [-0.15, -0.1) is 0 Å². The fourth-order valence-electron chi connectivity index (χ4n) is 4.30. The van der Waals surface area contributed by atoms with Gasteiger partial charge in [-0.2, -0.15) is 0 Å². The van der Waals surface area contributed by atoms with Crippen LogP contribution in [-0.2, 0) is 20.9 Å². The summed E-state index contributed by atoms with van der Waals surface area (Å²) in [5.74, 6) is -0.273. The second-order valence-corrected chi connectivity index (χ2v) is 8.47. The Balaban J connectivity index is 1.71. The molecule has 1 aliphatic heterocycles. The molecule has 0 N–H and O–H groups in total. The van der Waals surface area contributed by atoms with E-state index < -0.39 is 11.6 Å². The van der Waals surface area contributed by atoms with Gasteiger partial charge in [-0.05, 0) is 67.6 Å². The number of methoxy groups -OCH3 is 1. The number of hydrogen-bond donors (Lipinski definition) is 0. The fraction of sp³-hybridized carbons (Fsp3) is 0.391. The number of aryl methyl sites for hydroxylation is 2. The first-order valence-electron chi connectivity index (χ1n) is 9.82. The average Bonchev–Trinajstić information content (AvgIpc) is 3.48. The quantitative estimate of drug-likeness (QED) is 0.715. The van der Waals surface area contributed by atoms with Gasteiger partial charge in [0.1, 0.15) is 0 Å². The summed E-state index contributed by atoms with van der Waals surface area (Å²) in [6.07, 6.45) is 1.57. The summed E-state index contributed by atoms with van der Waals surface area (Å²) in [5, 5.41) is 0.660. The van der Waals surface area contributed by atoms with Crippen LogP contribution in [0.25, 0.3) is 0 Å². The SMILES string of the molecule is COC(=O)C1N(c2ccc(C)c(C)c2)CC(=O)N(Cc2ccc(Cl)cc2)C12CC2. The molecule has 1 amide bonds. The van der Waals surface area contributed by atoms with Gasteiger partial charge in [0.05, 0.1) is 19.2 Å². The van der Waals surface area contributed by atoms with Crippen molar-refractivity contribution in [2.45, 2.75) is 44.8 Å². The van der Waals surface area contributed by atoms with Gasteiger partial charge in [-0.3, -0.25) is 4.79 Å². The van der Waals surface area contributed by atoms with Gasteiger partial charge in [-0.1, -0.05) is 29.8 Å². The molecule has 1 spiro atoms. The van der Waals surface area contributed by atoms with Crippen molar-refractivity contribution in [3.05, 3.63) is 64.2 Å². The van der Waals surface area contributed by atoms with Gasteiger partial charge in [0.25, 0.3) is 0 Å². The number of carbonyl (C=O) groups is 2. The number of nitrogens with zero attached hydrogens (tertiary/aromatic N) is 2. The molecule has 1 aliphatic carbocycles. The highest BCUT2D eigenvalue weighted by atomic mass is 35.5. The minimum absolute atomic E-state index is 0.0239. The van der Waals surface area contributed by atoms with E-state index >= 15 is 0 Å². The minimum atomic E-state index is -0.527. The van der Waals surface area contributed by atoms with Crippen LogP contribution in [0, 0.1) is 13.8 Å². The van der Waals surface area contributed by atoms with E-state index in [9.17, 15) is 9.59 Å². The lowest BCUT2D eigenvalue weighted by atomic mass is 9.95. The van der Waals surface area contributed by atoms with Gasteiger partial charge in [0, 0.05) is 17.3 Å². The van der Waals surface area contributed by atoms with Crippen LogP contribution in [0.1, 0.15) is 29.5 Å². The molecule has 2 fully saturated rings. The van der Waals surface area contributed by atoms with Crippen LogP contribution in [0.4, 0.5) is 5.69 Å². The number of amides is 1. The van der Waals surface area contributed by atoms with Gasteiger partial charge in [0.2, 0.25) is 5.91 Å². The smallest absolute Gasteiger partial charge is 0.330 e. The molecule has 29 heavy (non-hydrogen) atoms. The fourth-order valence-corrected chi connectivity index (χ4v) is 4.43. The number of ether oxygens (including phenoxy) is 1. The third-order valence-electron chi connectivity index (χ3n) is 6.23. The lowest BCUT2D eigenvalue weighted by Gasteiger charge is -2.47. The predicted molar refractivity (Wildman–Crippen MR) is 113 cm³/mol. The van der Waals surface area contributed by atoms with Crippen molar-refractivity contribution in [1.82, 2.24) is 4.90 Å². The summed E-state index contributed by atoms with van der Waals surface area (Å²) >= 11 is 6.00. The van der Waals surface area contributed by atoms with Crippen molar-refractivity contribution in [3.63, 3.8) is 0 Å². The van der Waals surface area contributed by atoms with Gasteiger partial charge >= 0.3 is 5.97 Å². The molecule has 152 valence electrons. The van der Waals surface area contributed by atoms with Crippen molar-refractivity contribution >= 4 is 29.2 Å². The van der Waals surface area contributed by atoms with Crippen molar-refractivity contribution in [2.24, 2.45) is 0 Å². The molecule has 0 radical (unpaired) electrons. The van der Waals surface area contributed by atoms with E-state index in [1.807, 2.05) is 59.2 Å². The van der Waals surface area contributed by atoms with Crippen LogP contribution in [0.2, 0.25) is 5.02 Å². The molecule has 0 bridgehead atoms. The third-order valence-corrected chi connectivity index (χ3v) is 6.48. The minimum Gasteiger partial charge on any atom is -0.467 e. The average molecular weight is 413 g/mol. The first-order chi connectivity index (χ1) is 13.9. The third kappa shape index (κ3) is 3.48. The number of esters is 1. The van der Waals surface area contributed by atoms with Crippen LogP contribution in [-0.4, -0.2) is 42.0 Å². The largest absolute Gasteiger partial charge is 0.467 e. The summed E-state index contributed by atoms with van der Waals surface area (Å²) in [5.41, 5.74) is 3.66. The number of piperazine rings is 1. The first-order valence-corrected chi connectivity index (χ1v) is 10.2. The zero-order chi connectivity index (χ0) is 20.8. The molecule has 1 saturated heterocycles. The van der Waals surface area contributed by atoms with Crippen LogP contribution in [0.3, 0.4) is 0 Å². The van der Waals surface area contributed by atoms with Gasteiger partial charge < -0.3 is 14.5 Å². The van der Waals surface area contributed by atoms with Crippen molar-refractivity contribution in [3.8, 4) is 0 Å². The highest BCUT2D eigenvalue weighted by Crippen LogP contribution is 2.50. The van der Waals surface area contributed by atoms with E-state index in [0.717, 1.165) is 29.7 Å². The molecular weight excluding hydrogens is 388 g/mol. The number of anilines is 1. The lowest BCUT2D eigenvalue weighted by Crippen LogP contribution is -2.66. The second kappa shape index (κ2) is 7.38. The summed E-state index contributed by atoms with van der Waals surface area (Å²) in [6.45, 7) is 4.70. The molecule has 1 atom stereocenters. The molecular formula is C23H25ClN2O3. The van der Waals surface area contributed by atoms with E-state index in [4.69, 9.17) is 16.3 Å². The van der Waals surface area contributed by atoms with E-state index in [0.29, 0.717) is 11.6 Å². The number of hydrogen-bond acceptors (Lipinski definition) is 4. The Hall–Kier alpha value is -2.53. The van der Waals surface area contributed by atoms with Gasteiger partial charge in [-0.25, -0.2) is 4.79 Å². The maximum Gasteiger partial charge on any atom is 0.330 e. The normalized spacial score (nSPS) is 20.1. The van der Waals surface area contributed by atoms with Gasteiger partial charge in [0.15, 0.2) is 6.04 Å². The molecule has 1 saturated carbocycles. The van der Waals surface area contributed by atoms with E-state index in [2.05, 4.69) is 6.92 Å². The van der Waals surface area contributed by atoms with Crippen LogP contribution < -0.4 is 4.90 Å². The van der Waals surface area contributed by atoms with Crippen LogP contribution in [0.5, 0.6) is 0 Å². The Bertz CT molecular complexity index is 953. The summed E-state index contributed by atoms with van der Waals surface area (Å²) in [7, 11) is 1.41. The predicted octanol–water partition coefficient (Wildman–Crippen LogP) is 3.88. The van der Waals surface area contributed by atoms with E-state index in [1.54, 1.807) is 0 Å². The zero-order valence-corrected chi connectivity index (χ0v) is 17.7. The first kappa shape index (κ1) is 19.8. The Morgan fingerprint density at radius 1 is 1.14 bits per heavy atom. The number of carbonyl (C=O) groups excluding carboxylic acids is 2. The topological polar surface area (TPSA) is 49.9 Å². The standard InChI is InChI=1S/C23H25ClN2O3/c1-15-4-9-19(12-16(15)2)25-14-20(27)26(13-17-5-7-18(24)8-6-17)23(10-11-23)21(25)22(28)29-3/h4-9,12,21H,10-11,13-14H2,1-3H3. The molecule has 6 heteroatoms. The summed E-state index contributed by atoms with van der Waals surface area (Å²) < 4.78 is 5.18. The van der Waals surface area contributed by atoms with E-state index in [-0.39, 0.29) is 18.4 Å². The monoisotopic (exact) mass is 412 g/mol. The highest BCUT2D eigenvalue weighted by molar-refractivity contribution is 6.30. The maximum atomic E-state index is 13.2. The van der Waals surface area contributed by atoms with Crippen molar-refractivity contribution in [2.75, 3.05) is 18.6 Å². The summed E-state index contributed by atoms with van der Waals surface area (Å²) in [6, 6.07) is 13.0. The Morgan fingerprint density at radius 3 is 2.41 bits per heavy atom. The Kier molecular flexibility index (Phi) is 5.03. The molecule has 2 aliphatic rings. The molecule has 2 aromatic carbocycles. The second-order valence-electron chi connectivity index (χ2n) is 8.03. The summed E-state index contributed by atoms with van der Waals surface area (Å²) in [4.78, 5) is 29.9. The number of rotatable bonds is 4. The van der Waals surface area contributed by atoms with Crippen molar-refractivity contribution < 1.29 is 14.3 Å². The van der Waals surface area contributed by atoms with E-state index in [1.165, 1.54) is 12.7 Å².